The molecular formula is C24H30N2O6. The number of carbonyl (C=O) groups excluding carboxylic acids is 3. The number of para-hydroxylation sites is 1. The van der Waals surface area contributed by atoms with Crippen molar-refractivity contribution in [2.24, 2.45) is 0 Å². The zero-order valence-electron chi connectivity index (χ0n) is 18.2. The lowest BCUT2D eigenvalue weighted by atomic mass is 9.77. The van der Waals surface area contributed by atoms with E-state index in [9.17, 15) is 19.5 Å². The monoisotopic (exact) mass is 442 g/mol. The molecule has 0 radical (unpaired) electrons. The fraction of sp³-hybridized carbons (Fsp3) is 0.542. The minimum atomic E-state index is -1.10. The van der Waals surface area contributed by atoms with Crippen LogP contribution in [0.5, 0.6) is 5.75 Å². The van der Waals surface area contributed by atoms with Crippen LogP contribution < -0.4 is 10.1 Å². The third-order valence-electron chi connectivity index (χ3n) is 6.71. The van der Waals surface area contributed by atoms with Crippen molar-refractivity contribution in [1.29, 1.82) is 0 Å². The van der Waals surface area contributed by atoms with Gasteiger partial charge in [-0.3, -0.25) is 14.4 Å². The number of ether oxygens (including phenoxy) is 1. The van der Waals surface area contributed by atoms with Crippen LogP contribution in [0.2, 0.25) is 0 Å². The van der Waals surface area contributed by atoms with Gasteiger partial charge in [-0.2, -0.15) is 0 Å². The summed E-state index contributed by atoms with van der Waals surface area (Å²) in [6.45, 7) is 1.52. The number of aliphatic hydroxyl groups is 2. The van der Waals surface area contributed by atoms with Crippen LogP contribution in [0.3, 0.4) is 0 Å². The maximum absolute atomic E-state index is 13.1. The Hall–Kier alpha value is -2.71. The number of ketones is 1. The first-order valence-corrected chi connectivity index (χ1v) is 11.4. The van der Waals surface area contributed by atoms with Gasteiger partial charge >= 0.3 is 0 Å². The molecule has 172 valence electrons. The highest BCUT2D eigenvalue weighted by atomic mass is 16.5. The number of carbonyl (C=O) groups is 3. The standard InChI is InChI=1S/C24H30N2O6/c1-2-18(28)24(31)26(14-7-3-4-8-14)17-13-16(23(30)25-11-12-27)20-15-9-5-6-10-19(15)32-22(20)21(17)29/h5-6,9-10,13-14,17,20-22,27,29H,2-4,7-8,11-12H2,1H3,(H,25,30)/t17-,20+,21+,22+/m1/s1. The number of amides is 2. The molecule has 3 aliphatic rings. The summed E-state index contributed by atoms with van der Waals surface area (Å²) >= 11 is 0. The number of nitrogens with one attached hydrogen (secondary N) is 1. The molecule has 0 unspecified atom stereocenters. The first-order valence-electron chi connectivity index (χ1n) is 11.4. The largest absolute Gasteiger partial charge is 0.486 e. The van der Waals surface area contributed by atoms with Gasteiger partial charge in [0.1, 0.15) is 18.0 Å². The first-order chi connectivity index (χ1) is 15.5. The summed E-state index contributed by atoms with van der Waals surface area (Å²) in [6, 6.07) is 6.30. The average Bonchev–Trinajstić information content (AvgIpc) is 3.47. The predicted octanol–water partition coefficient (Wildman–Crippen LogP) is 1.06. The van der Waals surface area contributed by atoms with E-state index in [0.29, 0.717) is 11.3 Å². The van der Waals surface area contributed by atoms with E-state index in [4.69, 9.17) is 9.84 Å². The number of hydrogen-bond acceptors (Lipinski definition) is 6. The highest BCUT2D eigenvalue weighted by Gasteiger charge is 2.51. The molecule has 2 amide bonds. The molecule has 1 fully saturated rings. The summed E-state index contributed by atoms with van der Waals surface area (Å²) in [5.74, 6) is -1.43. The van der Waals surface area contributed by atoms with Gasteiger partial charge in [-0.15, -0.1) is 0 Å². The Labute approximate surface area is 187 Å². The highest BCUT2D eigenvalue weighted by molar-refractivity contribution is 6.36. The SMILES string of the molecule is CCC(=O)C(=O)N(C1CCCC1)[C@@H]1C=C(C(=O)NCCO)[C@@H]2c3ccccc3O[C@@H]2[C@H]1O. The molecule has 4 atom stereocenters. The third kappa shape index (κ3) is 3.93. The molecule has 0 aromatic heterocycles. The summed E-state index contributed by atoms with van der Waals surface area (Å²) < 4.78 is 6.07. The lowest BCUT2D eigenvalue weighted by Gasteiger charge is -2.43. The summed E-state index contributed by atoms with van der Waals surface area (Å²) in [7, 11) is 0. The number of fused-ring (bicyclic) bond motifs is 3. The van der Waals surface area contributed by atoms with Crippen molar-refractivity contribution in [3.8, 4) is 5.75 Å². The molecule has 0 bridgehead atoms. The molecule has 4 rings (SSSR count). The molecule has 1 aromatic carbocycles. The summed E-state index contributed by atoms with van der Waals surface area (Å²) in [5.41, 5.74) is 1.17. The smallest absolute Gasteiger partial charge is 0.290 e. The minimum absolute atomic E-state index is 0.0758. The van der Waals surface area contributed by atoms with E-state index in [-0.39, 0.29) is 31.5 Å². The van der Waals surface area contributed by atoms with E-state index < -0.39 is 35.9 Å². The highest BCUT2D eigenvalue weighted by Crippen LogP contribution is 2.47. The van der Waals surface area contributed by atoms with E-state index in [1.54, 1.807) is 19.1 Å². The van der Waals surface area contributed by atoms with Gasteiger partial charge in [0.05, 0.1) is 18.6 Å². The zero-order chi connectivity index (χ0) is 22.8. The Morgan fingerprint density at radius 3 is 2.59 bits per heavy atom. The molecule has 0 spiro atoms. The third-order valence-corrected chi connectivity index (χ3v) is 6.71. The predicted molar refractivity (Wildman–Crippen MR) is 116 cm³/mol. The van der Waals surface area contributed by atoms with Gasteiger partial charge in [0.15, 0.2) is 0 Å². The number of benzene rings is 1. The Morgan fingerprint density at radius 1 is 1.19 bits per heavy atom. The Morgan fingerprint density at radius 2 is 1.91 bits per heavy atom. The zero-order valence-corrected chi connectivity index (χ0v) is 18.2. The number of rotatable bonds is 7. The van der Waals surface area contributed by atoms with Gasteiger partial charge in [-0.05, 0) is 25.0 Å². The lowest BCUT2D eigenvalue weighted by molar-refractivity contribution is -0.150. The van der Waals surface area contributed by atoms with Crippen LogP contribution in [-0.4, -0.2) is 70.2 Å². The Balaban J connectivity index is 1.77. The first kappa shape index (κ1) is 22.5. The van der Waals surface area contributed by atoms with Gasteiger partial charge < -0.3 is 25.2 Å². The second-order valence-corrected chi connectivity index (χ2v) is 8.61. The molecule has 1 aliphatic heterocycles. The van der Waals surface area contributed by atoms with E-state index in [1.807, 2.05) is 18.2 Å². The Kier molecular flexibility index (Phi) is 6.62. The number of nitrogens with zero attached hydrogens (tertiary/aromatic N) is 1. The van der Waals surface area contributed by atoms with Crippen molar-refractivity contribution in [1.82, 2.24) is 10.2 Å². The van der Waals surface area contributed by atoms with Crippen LogP contribution >= 0.6 is 0 Å². The molecule has 3 N–H and O–H groups in total. The van der Waals surface area contributed by atoms with Gasteiger partial charge in [-0.1, -0.05) is 38.0 Å². The summed E-state index contributed by atoms with van der Waals surface area (Å²) in [4.78, 5) is 40.1. The summed E-state index contributed by atoms with van der Waals surface area (Å²) in [6.07, 6.45) is 3.23. The Bertz CT molecular complexity index is 923. The molecule has 0 saturated heterocycles. The normalized spacial score (nSPS) is 26.5. The maximum Gasteiger partial charge on any atom is 0.290 e. The number of hydrogen-bond donors (Lipinski definition) is 3. The van der Waals surface area contributed by atoms with E-state index in [2.05, 4.69) is 5.32 Å². The molecule has 2 aliphatic carbocycles. The van der Waals surface area contributed by atoms with Gasteiger partial charge in [0, 0.05) is 30.1 Å². The minimum Gasteiger partial charge on any atom is -0.486 e. The van der Waals surface area contributed by atoms with Gasteiger partial charge in [-0.25, -0.2) is 0 Å². The van der Waals surface area contributed by atoms with Crippen LogP contribution in [-0.2, 0) is 14.4 Å². The molecule has 1 saturated carbocycles. The molecule has 8 heteroatoms. The molecule has 1 heterocycles. The van der Waals surface area contributed by atoms with E-state index >= 15 is 0 Å². The second-order valence-electron chi connectivity index (χ2n) is 8.61. The molecule has 32 heavy (non-hydrogen) atoms. The lowest BCUT2D eigenvalue weighted by Crippen LogP contribution is -2.59. The maximum atomic E-state index is 13.1. The van der Waals surface area contributed by atoms with E-state index in [1.165, 1.54) is 4.90 Å². The quantitative estimate of drug-likeness (QED) is 0.544. The van der Waals surface area contributed by atoms with Gasteiger partial charge in [0.25, 0.3) is 5.91 Å². The van der Waals surface area contributed by atoms with Crippen LogP contribution in [0, 0.1) is 0 Å². The summed E-state index contributed by atoms with van der Waals surface area (Å²) in [5, 5.41) is 23.2. The van der Waals surface area contributed by atoms with Crippen LogP contribution in [0.1, 0.15) is 50.5 Å². The van der Waals surface area contributed by atoms with Crippen molar-refractivity contribution in [3.63, 3.8) is 0 Å². The van der Waals surface area contributed by atoms with Crippen molar-refractivity contribution >= 4 is 17.6 Å². The van der Waals surface area contributed by atoms with Gasteiger partial charge in [0.2, 0.25) is 11.7 Å². The van der Waals surface area contributed by atoms with Crippen molar-refractivity contribution in [3.05, 3.63) is 41.5 Å². The van der Waals surface area contributed by atoms with E-state index in [0.717, 1.165) is 31.2 Å². The number of Topliss-reactive ketones (excluding diaryl/α,β-unsaturated/α-hetero) is 1. The van der Waals surface area contributed by atoms with Crippen LogP contribution in [0.25, 0.3) is 0 Å². The van der Waals surface area contributed by atoms with Crippen molar-refractivity contribution in [2.75, 3.05) is 13.2 Å². The molecule has 1 aromatic rings. The van der Waals surface area contributed by atoms with Crippen molar-refractivity contribution < 1.29 is 29.3 Å². The second kappa shape index (κ2) is 9.42. The molecule has 8 nitrogen and oxygen atoms in total. The van der Waals surface area contributed by atoms with Crippen LogP contribution in [0.15, 0.2) is 35.9 Å². The fourth-order valence-electron chi connectivity index (χ4n) is 5.18. The van der Waals surface area contributed by atoms with Crippen molar-refractivity contribution in [2.45, 2.75) is 69.2 Å². The molecular weight excluding hydrogens is 412 g/mol. The topological polar surface area (TPSA) is 116 Å². The fourth-order valence-corrected chi connectivity index (χ4v) is 5.18. The number of aliphatic hydroxyl groups excluding tert-OH is 2. The van der Waals surface area contributed by atoms with Crippen LogP contribution in [0.4, 0.5) is 0 Å². The average molecular weight is 443 g/mol.